The Labute approximate surface area is 99.1 Å². The summed E-state index contributed by atoms with van der Waals surface area (Å²) in [5, 5.41) is 0. The Kier molecular flexibility index (Phi) is 3.35. The van der Waals surface area contributed by atoms with Crippen LogP contribution in [0.3, 0.4) is 0 Å². The van der Waals surface area contributed by atoms with E-state index in [4.69, 9.17) is 10.5 Å². The second-order valence-corrected chi connectivity index (χ2v) is 3.72. The molecule has 2 N–H and O–H groups in total. The van der Waals surface area contributed by atoms with Gasteiger partial charge < -0.3 is 10.5 Å². The van der Waals surface area contributed by atoms with Gasteiger partial charge in [0.15, 0.2) is 0 Å². The lowest BCUT2D eigenvalue weighted by Gasteiger charge is -2.08. The van der Waals surface area contributed by atoms with Crippen LogP contribution in [0, 0.1) is 12.7 Å². The summed E-state index contributed by atoms with van der Waals surface area (Å²) in [5.74, 6) is 0.550. The molecule has 1 aromatic heterocycles. The molecule has 0 amide bonds. The van der Waals surface area contributed by atoms with Crippen molar-refractivity contribution in [3.05, 3.63) is 53.5 Å². The number of nitrogens with zero attached hydrogens (tertiary/aromatic N) is 1. The molecule has 17 heavy (non-hydrogen) atoms. The van der Waals surface area contributed by atoms with Crippen LogP contribution in [0.2, 0.25) is 0 Å². The van der Waals surface area contributed by atoms with Gasteiger partial charge in [0.05, 0.1) is 0 Å². The second kappa shape index (κ2) is 4.93. The molecule has 0 fully saturated rings. The highest BCUT2D eigenvalue weighted by molar-refractivity contribution is 5.36. The highest BCUT2D eigenvalue weighted by Crippen LogP contribution is 2.24. The van der Waals surface area contributed by atoms with Gasteiger partial charge in [-0.05, 0) is 30.2 Å². The summed E-state index contributed by atoms with van der Waals surface area (Å²) < 4.78 is 18.6. The predicted molar refractivity (Wildman–Crippen MR) is 63.3 cm³/mol. The van der Waals surface area contributed by atoms with Gasteiger partial charge in [-0.2, -0.15) is 0 Å². The summed E-state index contributed by atoms with van der Waals surface area (Å²) in [5.41, 5.74) is 7.30. The van der Waals surface area contributed by atoms with E-state index in [-0.39, 0.29) is 5.82 Å². The Balaban J connectivity index is 2.27. The number of hydrogen-bond acceptors (Lipinski definition) is 3. The van der Waals surface area contributed by atoms with Crippen LogP contribution in [-0.4, -0.2) is 4.98 Å². The number of aryl methyl sites for hydroxylation is 1. The largest absolute Gasteiger partial charge is 0.439 e. The number of ether oxygens (including phenoxy) is 1. The number of benzene rings is 1. The van der Waals surface area contributed by atoms with E-state index in [1.165, 1.54) is 12.1 Å². The fourth-order valence-electron chi connectivity index (χ4n) is 1.43. The SMILES string of the molecule is Cc1ccc(F)cc1Oc1cc(CN)ccn1. The van der Waals surface area contributed by atoms with Crippen molar-refractivity contribution >= 4 is 0 Å². The fourth-order valence-corrected chi connectivity index (χ4v) is 1.43. The van der Waals surface area contributed by atoms with Crippen LogP contribution < -0.4 is 10.5 Å². The van der Waals surface area contributed by atoms with E-state index < -0.39 is 0 Å². The summed E-state index contributed by atoms with van der Waals surface area (Å²) in [6, 6.07) is 7.95. The van der Waals surface area contributed by atoms with Crippen LogP contribution in [0.5, 0.6) is 11.6 Å². The van der Waals surface area contributed by atoms with Crippen LogP contribution in [0.1, 0.15) is 11.1 Å². The molecule has 4 heteroatoms. The smallest absolute Gasteiger partial charge is 0.219 e. The lowest BCUT2D eigenvalue weighted by atomic mass is 10.2. The Morgan fingerprint density at radius 3 is 2.88 bits per heavy atom. The Bertz CT molecular complexity index is 529. The maximum atomic E-state index is 13.1. The molecule has 0 atom stereocenters. The monoisotopic (exact) mass is 232 g/mol. The second-order valence-electron chi connectivity index (χ2n) is 3.72. The van der Waals surface area contributed by atoms with E-state index in [0.29, 0.717) is 18.2 Å². The minimum absolute atomic E-state index is 0.333. The zero-order valence-corrected chi connectivity index (χ0v) is 9.48. The topological polar surface area (TPSA) is 48.1 Å². The van der Waals surface area contributed by atoms with Gasteiger partial charge in [0.25, 0.3) is 0 Å². The highest BCUT2D eigenvalue weighted by Gasteiger charge is 2.04. The third-order valence-electron chi connectivity index (χ3n) is 2.40. The van der Waals surface area contributed by atoms with Gasteiger partial charge in [0.2, 0.25) is 5.88 Å². The van der Waals surface area contributed by atoms with E-state index in [2.05, 4.69) is 4.98 Å². The first-order chi connectivity index (χ1) is 8.19. The van der Waals surface area contributed by atoms with Gasteiger partial charge in [-0.3, -0.25) is 0 Å². The van der Waals surface area contributed by atoms with Crippen molar-refractivity contribution < 1.29 is 9.13 Å². The summed E-state index contributed by atoms with van der Waals surface area (Å²) in [7, 11) is 0. The van der Waals surface area contributed by atoms with E-state index in [0.717, 1.165) is 11.1 Å². The Morgan fingerprint density at radius 2 is 2.12 bits per heavy atom. The van der Waals surface area contributed by atoms with Gasteiger partial charge in [0, 0.05) is 24.9 Å². The minimum atomic E-state index is -0.333. The van der Waals surface area contributed by atoms with E-state index in [9.17, 15) is 4.39 Å². The molecule has 2 aromatic rings. The molecule has 0 aliphatic rings. The summed E-state index contributed by atoms with van der Waals surface area (Å²) >= 11 is 0. The molecule has 88 valence electrons. The zero-order chi connectivity index (χ0) is 12.3. The minimum Gasteiger partial charge on any atom is -0.439 e. The third-order valence-corrected chi connectivity index (χ3v) is 2.40. The lowest BCUT2D eigenvalue weighted by Crippen LogP contribution is -1.98. The van der Waals surface area contributed by atoms with Crippen LogP contribution in [-0.2, 0) is 6.54 Å². The molecule has 0 aliphatic heterocycles. The summed E-state index contributed by atoms with van der Waals surface area (Å²) in [6.45, 7) is 2.27. The molecule has 1 aromatic carbocycles. The van der Waals surface area contributed by atoms with Crippen molar-refractivity contribution in [3.8, 4) is 11.6 Å². The lowest BCUT2D eigenvalue weighted by molar-refractivity contribution is 0.454. The molecule has 2 rings (SSSR count). The quantitative estimate of drug-likeness (QED) is 0.885. The van der Waals surface area contributed by atoms with Crippen molar-refractivity contribution in [1.82, 2.24) is 4.98 Å². The van der Waals surface area contributed by atoms with Gasteiger partial charge in [-0.1, -0.05) is 6.07 Å². The number of hydrogen-bond donors (Lipinski definition) is 1. The number of rotatable bonds is 3. The van der Waals surface area contributed by atoms with Crippen molar-refractivity contribution in [2.24, 2.45) is 5.73 Å². The van der Waals surface area contributed by atoms with Gasteiger partial charge in [0.1, 0.15) is 11.6 Å². The average molecular weight is 232 g/mol. The molecule has 0 aliphatic carbocycles. The predicted octanol–water partition coefficient (Wildman–Crippen LogP) is 2.78. The van der Waals surface area contributed by atoms with Crippen LogP contribution in [0.15, 0.2) is 36.5 Å². The van der Waals surface area contributed by atoms with E-state index in [1.807, 2.05) is 13.0 Å². The average Bonchev–Trinajstić information content (AvgIpc) is 2.34. The van der Waals surface area contributed by atoms with Gasteiger partial charge in [-0.25, -0.2) is 9.37 Å². The normalized spacial score (nSPS) is 10.3. The molecule has 0 saturated heterocycles. The molecule has 0 saturated carbocycles. The fraction of sp³-hybridized carbons (Fsp3) is 0.154. The van der Waals surface area contributed by atoms with Crippen molar-refractivity contribution in [2.75, 3.05) is 0 Å². The first kappa shape index (κ1) is 11.5. The van der Waals surface area contributed by atoms with Crippen LogP contribution in [0.25, 0.3) is 0 Å². The molecule has 0 bridgehead atoms. The highest BCUT2D eigenvalue weighted by atomic mass is 19.1. The molecule has 3 nitrogen and oxygen atoms in total. The molecular formula is C13H13FN2O. The number of nitrogens with two attached hydrogens (primary N) is 1. The van der Waals surface area contributed by atoms with Crippen molar-refractivity contribution in [3.63, 3.8) is 0 Å². The van der Waals surface area contributed by atoms with Crippen molar-refractivity contribution in [2.45, 2.75) is 13.5 Å². The molecular weight excluding hydrogens is 219 g/mol. The van der Waals surface area contributed by atoms with E-state index in [1.54, 1.807) is 18.3 Å². The standard InChI is InChI=1S/C13H13FN2O/c1-9-2-3-11(14)7-12(9)17-13-6-10(8-15)4-5-16-13/h2-7H,8,15H2,1H3. The molecule has 0 unspecified atom stereocenters. The van der Waals surface area contributed by atoms with Gasteiger partial charge in [-0.15, -0.1) is 0 Å². The molecule has 0 radical (unpaired) electrons. The maximum Gasteiger partial charge on any atom is 0.219 e. The Morgan fingerprint density at radius 1 is 1.29 bits per heavy atom. The number of pyridine rings is 1. The summed E-state index contributed by atoms with van der Waals surface area (Å²) in [6.07, 6.45) is 1.62. The van der Waals surface area contributed by atoms with Crippen LogP contribution >= 0.6 is 0 Å². The van der Waals surface area contributed by atoms with Crippen molar-refractivity contribution in [1.29, 1.82) is 0 Å². The first-order valence-electron chi connectivity index (χ1n) is 5.28. The molecule has 0 spiro atoms. The van der Waals surface area contributed by atoms with E-state index >= 15 is 0 Å². The number of aromatic nitrogens is 1. The van der Waals surface area contributed by atoms with Crippen LogP contribution in [0.4, 0.5) is 4.39 Å². The Hall–Kier alpha value is -1.94. The number of halogens is 1. The first-order valence-corrected chi connectivity index (χ1v) is 5.28. The summed E-state index contributed by atoms with van der Waals surface area (Å²) in [4.78, 5) is 4.05. The maximum absolute atomic E-state index is 13.1. The van der Waals surface area contributed by atoms with Gasteiger partial charge >= 0.3 is 0 Å². The molecule has 1 heterocycles. The third kappa shape index (κ3) is 2.79. The zero-order valence-electron chi connectivity index (χ0n) is 9.48.